The molecule has 18 heavy (non-hydrogen) atoms. The van der Waals surface area contributed by atoms with E-state index in [0.717, 1.165) is 24.8 Å². The van der Waals surface area contributed by atoms with Gasteiger partial charge in [0.25, 0.3) is 0 Å². The molecule has 0 aromatic heterocycles. The monoisotopic (exact) mass is 267 g/mol. The number of esters is 1. The summed E-state index contributed by atoms with van der Waals surface area (Å²) in [5, 5.41) is 0.646. The second-order valence-corrected chi connectivity index (χ2v) is 5.56. The number of carbonyl (C=O) groups excluding carboxylic acids is 1. The van der Waals surface area contributed by atoms with E-state index in [1.807, 2.05) is 19.1 Å². The molecule has 1 aliphatic rings. The SMILES string of the molecule is CC1(C(=O)OCc2cccc(Cl)c2)CCCC1N. The third-order valence-corrected chi connectivity index (χ3v) is 3.99. The van der Waals surface area contributed by atoms with Gasteiger partial charge in [0.2, 0.25) is 0 Å². The zero-order valence-electron chi connectivity index (χ0n) is 10.5. The van der Waals surface area contributed by atoms with Crippen LogP contribution in [0.5, 0.6) is 0 Å². The highest BCUT2D eigenvalue weighted by atomic mass is 35.5. The summed E-state index contributed by atoms with van der Waals surface area (Å²) >= 11 is 5.88. The molecule has 98 valence electrons. The Morgan fingerprint density at radius 1 is 1.61 bits per heavy atom. The van der Waals surface area contributed by atoms with Crippen molar-refractivity contribution in [3.63, 3.8) is 0 Å². The van der Waals surface area contributed by atoms with Gasteiger partial charge in [-0.05, 0) is 37.5 Å². The van der Waals surface area contributed by atoms with Crippen LogP contribution in [-0.2, 0) is 16.1 Å². The van der Waals surface area contributed by atoms with Crippen molar-refractivity contribution in [1.29, 1.82) is 0 Å². The van der Waals surface area contributed by atoms with E-state index in [9.17, 15) is 4.79 Å². The van der Waals surface area contributed by atoms with Crippen molar-refractivity contribution in [1.82, 2.24) is 0 Å². The number of ether oxygens (including phenoxy) is 1. The molecule has 3 nitrogen and oxygen atoms in total. The third kappa shape index (κ3) is 2.68. The van der Waals surface area contributed by atoms with Gasteiger partial charge in [-0.15, -0.1) is 0 Å². The van der Waals surface area contributed by atoms with Gasteiger partial charge in [0.15, 0.2) is 0 Å². The van der Waals surface area contributed by atoms with Crippen molar-refractivity contribution < 1.29 is 9.53 Å². The molecule has 2 rings (SSSR count). The highest BCUT2D eigenvalue weighted by Gasteiger charge is 2.44. The lowest BCUT2D eigenvalue weighted by atomic mass is 9.85. The van der Waals surface area contributed by atoms with Crippen LogP contribution in [0.2, 0.25) is 5.02 Å². The number of nitrogens with two attached hydrogens (primary N) is 1. The predicted octanol–water partition coefficient (Wildman–Crippen LogP) is 2.90. The molecule has 1 saturated carbocycles. The van der Waals surface area contributed by atoms with Gasteiger partial charge in [-0.25, -0.2) is 0 Å². The van der Waals surface area contributed by atoms with E-state index in [1.54, 1.807) is 12.1 Å². The first-order valence-electron chi connectivity index (χ1n) is 6.19. The Balaban J connectivity index is 1.96. The van der Waals surface area contributed by atoms with Gasteiger partial charge in [0.1, 0.15) is 6.61 Å². The number of halogens is 1. The van der Waals surface area contributed by atoms with Gasteiger partial charge < -0.3 is 10.5 Å². The molecule has 0 bridgehead atoms. The second-order valence-electron chi connectivity index (χ2n) is 5.12. The van der Waals surface area contributed by atoms with Crippen LogP contribution in [0.3, 0.4) is 0 Å². The van der Waals surface area contributed by atoms with Gasteiger partial charge in [0.05, 0.1) is 5.41 Å². The van der Waals surface area contributed by atoms with Gasteiger partial charge in [-0.3, -0.25) is 4.79 Å². The Morgan fingerprint density at radius 2 is 2.39 bits per heavy atom. The Morgan fingerprint density at radius 3 is 3.00 bits per heavy atom. The quantitative estimate of drug-likeness (QED) is 0.857. The van der Waals surface area contributed by atoms with Crippen LogP contribution in [0.1, 0.15) is 31.7 Å². The molecule has 0 radical (unpaired) electrons. The number of hydrogen-bond donors (Lipinski definition) is 1. The van der Waals surface area contributed by atoms with E-state index in [1.165, 1.54) is 0 Å². The molecule has 0 amide bonds. The minimum Gasteiger partial charge on any atom is -0.460 e. The summed E-state index contributed by atoms with van der Waals surface area (Å²) in [6, 6.07) is 7.22. The molecule has 0 saturated heterocycles. The first kappa shape index (κ1) is 13.4. The molecule has 0 heterocycles. The van der Waals surface area contributed by atoms with E-state index in [4.69, 9.17) is 22.1 Å². The lowest BCUT2D eigenvalue weighted by molar-refractivity contribution is -0.156. The van der Waals surface area contributed by atoms with Crippen molar-refractivity contribution in [2.24, 2.45) is 11.1 Å². The van der Waals surface area contributed by atoms with Crippen molar-refractivity contribution in [3.05, 3.63) is 34.9 Å². The number of rotatable bonds is 3. The number of carbonyl (C=O) groups is 1. The van der Waals surface area contributed by atoms with Gasteiger partial charge in [-0.2, -0.15) is 0 Å². The second kappa shape index (κ2) is 5.29. The molecular formula is C14H18ClNO2. The van der Waals surface area contributed by atoms with Gasteiger partial charge >= 0.3 is 5.97 Å². The fourth-order valence-corrected chi connectivity index (χ4v) is 2.60. The maximum absolute atomic E-state index is 12.1. The zero-order chi connectivity index (χ0) is 13.2. The number of benzene rings is 1. The minimum absolute atomic E-state index is 0.0932. The van der Waals surface area contributed by atoms with Crippen LogP contribution >= 0.6 is 11.6 Å². The Labute approximate surface area is 112 Å². The standard InChI is InChI=1S/C14H18ClNO2/c1-14(7-3-6-12(14)16)13(17)18-9-10-4-2-5-11(15)8-10/h2,4-5,8,12H,3,6-7,9,16H2,1H3. The summed E-state index contributed by atoms with van der Waals surface area (Å²) in [4.78, 5) is 12.1. The summed E-state index contributed by atoms with van der Waals surface area (Å²) in [6.07, 6.45) is 2.69. The summed E-state index contributed by atoms with van der Waals surface area (Å²) in [5.41, 5.74) is 6.35. The highest BCUT2D eigenvalue weighted by molar-refractivity contribution is 6.30. The summed E-state index contributed by atoms with van der Waals surface area (Å²) in [5.74, 6) is -0.201. The molecular weight excluding hydrogens is 250 g/mol. The van der Waals surface area contributed by atoms with E-state index in [0.29, 0.717) is 5.02 Å². The Kier molecular flexibility index (Phi) is 3.93. The lowest BCUT2D eigenvalue weighted by Crippen LogP contribution is -2.42. The van der Waals surface area contributed by atoms with E-state index in [-0.39, 0.29) is 18.6 Å². The van der Waals surface area contributed by atoms with E-state index < -0.39 is 5.41 Å². The van der Waals surface area contributed by atoms with Crippen LogP contribution in [-0.4, -0.2) is 12.0 Å². The van der Waals surface area contributed by atoms with Crippen LogP contribution in [0.15, 0.2) is 24.3 Å². The maximum Gasteiger partial charge on any atom is 0.313 e. The van der Waals surface area contributed by atoms with Crippen molar-refractivity contribution in [3.8, 4) is 0 Å². The van der Waals surface area contributed by atoms with Gasteiger partial charge in [0, 0.05) is 11.1 Å². The molecule has 2 N–H and O–H groups in total. The van der Waals surface area contributed by atoms with Crippen LogP contribution in [0.4, 0.5) is 0 Å². The smallest absolute Gasteiger partial charge is 0.313 e. The van der Waals surface area contributed by atoms with Crippen LogP contribution in [0.25, 0.3) is 0 Å². The Bertz CT molecular complexity index is 449. The van der Waals surface area contributed by atoms with Crippen molar-refractivity contribution in [2.75, 3.05) is 0 Å². The topological polar surface area (TPSA) is 52.3 Å². The molecule has 1 fully saturated rings. The fourth-order valence-electron chi connectivity index (χ4n) is 2.39. The molecule has 4 heteroatoms. The Hall–Kier alpha value is -1.06. The highest BCUT2D eigenvalue weighted by Crippen LogP contribution is 2.37. The van der Waals surface area contributed by atoms with E-state index >= 15 is 0 Å². The molecule has 1 aromatic rings. The number of hydrogen-bond acceptors (Lipinski definition) is 3. The maximum atomic E-state index is 12.1. The van der Waals surface area contributed by atoms with Crippen LogP contribution in [0, 0.1) is 5.41 Å². The first-order chi connectivity index (χ1) is 8.52. The average molecular weight is 268 g/mol. The largest absolute Gasteiger partial charge is 0.460 e. The lowest BCUT2D eigenvalue weighted by Gasteiger charge is -2.26. The normalized spacial score (nSPS) is 27.2. The minimum atomic E-state index is -0.529. The molecule has 1 aromatic carbocycles. The zero-order valence-corrected chi connectivity index (χ0v) is 11.2. The average Bonchev–Trinajstić information content (AvgIpc) is 2.68. The van der Waals surface area contributed by atoms with Gasteiger partial charge in [-0.1, -0.05) is 30.2 Å². The molecule has 2 unspecified atom stereocenters. The summed E-state index contributed by atoms with van der Waals surface area (Å²) in [6.45, 7) is 2.15. The molecule has 0 aliphatic heterocycles. The first-order valence-corrected chi connectivity index (χ1v) is 6.57. The van der Waals surface area contributed by atoms with E-state index in [2.05, 4.69) is 0 Å². The van der Waals surface area contributed by atoms with Crippen molar-refractivity contribution >= 4 is 17.6 Å². The third-order valence-electron chi connectivity index (χ3n) is 3.75. The fraction of sp³-hybridized carbons (Fsp3) is 0.500. The molecule has 2 atom stereocenters. The predicted molar refractivity (Wildman–Crippen MR) is 71.2 cm³/mol. The summed E-state index contributed by atoms with van der Waals surface area (Å²) in [7, 11) is 0. The molecule has 1 aliphatic carbocycles. The van der Waals surface area contributed by atoms with Crippen molar-refractivity contribution in [2.45, 2.75) is 38.8 Å². The summed E-state index contributed by atoms with van der Waals surface area (Å²) < 4.78 is 5.36. The molecule has 0 spiro atoms. The van der Waals surface area contributed by atoms with Crippen LogP contribution < -0.4 is 5.73 Å².